The van der Waals surface area contributed by atoms with Gasteiger partial charge in [0.1, 0.15) is 0 Å². The fraction of sp³-hybridized carbons (Fsp3) is 1.00. The molecule has 0 saturated carbocycles. The first-order chi connectivity index (χ1) is 6.77. The maximum atomic E-state index is 10.5. The predicted molar refractivity (Wildman–Crippen MR) is 56.9 cm³/mol. The van der Waals surface area contributed by atoms with Crippen molar-refractivity contribution >= 4 is 10.1 Å². The second kappa shape index (κ2) is 5.92. The van der Waals surface area contributed by atoms with Gasteiger partial charge in [0.25, 0.3) is 10.1 Å². The van der Waals surface area contributed by atoms with Crippen molar-refractivity contribution in [1.82, 2.24) is 0 Å². The van der Waals surface area contributed by atoms with Gasteiger partial charge in [0.2, 0.25) is 0 Å². The van der Waals surface area contributed by atoms with Crippen LogP contribution < -0.4 is 0 Å². The monoisotopic (exact) mass is 237 g/mol. The van der Waals surface area contributed by atoms with Crippen LogP contribution in [-0.4, -0.2) is 56.9 Å². The summed E-state index contributed by atoms with van der Waals surface area (Å²) < 4.78 is 30.0. The molecule has 0 heterocycles. The Balaban J connectivity index is 3.88. The first-order valence-corrected chi connectivity index (χ1v) is 6.16. The maximum absolute atomic E-state index is 10.5. The van der Waals surface area contributed by atoms with Crippen molar-refractivity contribution in [3.8, 4) is 0 Å². The second-order valence-electron chi connectivity index (χ2n) is 3.98. The molecule has 7 nitrogen and oxygen atoms in total. The van der Waals surface area contributed by atoms with Crippen LogP contribution in [0.3, 0.4) is 0 Å². The summed E-state index contributed by atoms with van der Waals surface area (Å²) in [5.74, 6) is -0.226. The van der Waals surface area contributed by atoms with Gasteiger partial charge in [-0.15, -0.1) is 0 Å². The molecule has 0 radical (unpaired) electrons. The fourth-order valence-corrected chi connectivity index (χ4v) is 1.64. The molecule has 0 atom stereocenters. The highest BCUT2D eigenvalue weighted by molar-refractivity contribution is 7.85. The van der Waals surface area contributed by atoms with Crippen LogP contribution in [0.15, 0.2) is 5.11 Å². The summed E-state index contributed by atoms with van der Waals surface area (Å²) in [5, 5.41) is 3.41. The van der Waals surface area contributed by atoms with Gasteiger partial charge in [0.05, 0.1) is 39.5 Å². The highest BCUT2D eigenvalue weighted by atomic mass is 32.2. The Kier molecular flexibility index (Phi) is 5.59. The molecule has 0 aromatic carbocycles. The van der Waals surface area contributed by atoms with Gasteiger partial charge in [0.15, 0.2) is 0 Å². The Morgan fingerprint density at radius 1 is 1.40 bits per heavy atom. The summed E-state index contributed by atoms with van der Waals surface area (Å²) in [6.45, 7) is 1.64. The largest absolute Gasteiger partial charge is 0.328 e. The Morgan fingerprint density at radius 2 is 2.00 bits per heavy atom. The van der Waals surface area contributed by atoms with Crippen LogP contribution in [-0.2, 0) is 10.1 Å². The van der Waals surface area contributed by atoms with Gasteiger partial charge in [0, 0.05) is 11.3 Å². The zero-order chi connectivity index (χ0) is 11.9. The number of quaternary nitrogens is 1. The van der Waals surface area contributed by atoms with Gasteiger partial charge < -0.3 is 4.48 Å². The quantitative estimate of drug-likeness (QED) is 0.231. The molecule has 0 amide bonds. The number of azide groups is 1. The topological polar surface area (TPSA) is 103 Å². The SMILES string of the molecule is C[N+](C)(CCCS(=O)(=O)O)CCN=[N+]=[N-]. The lowest BCUT2D eigenvalue weighted by molar-refractivity contribution is -0.888. The van der Waals surface area contributed by atoms with Crippen molar-refractivity contribution in [1.29, 1.82) is 0 Å². The van der Waals surface area contributed by atoms with Crippen LogP contribution in [0.25, 0.3) is 10.4 Å². The van der Waals surface area contributed by atoms with E-state index in [1.165, 1.54) is 0 Å². The molecule has 15 heavy (non-hydrogen) atoms. The van der Waals surface area contributed by atoms with E-state index < -0.39 is 10.1 Å². The fourth-order valence-electron chi connectivity index (χ4n) is 1.15. The molecule has 0 fully saturated rings. The summed E-state index contributed by atoms with van der Waals surface area (Å²) in [7, 11) is -0.0365. The van der Waals surface area contributed by atoms with Gasteiger partial charge in [-0.05, 0) is 5.53 Å². The molecule has 8 heteroatoms. The first kappa shape index (κ1) is 14.2. The summed E-state index contributed by atoms with van der Waals surface area (Å²) >= 11 is 0. The summed E-state index contributed by atoms with van der Waals surface area (Å²) in [6.07, 6.45) is 0.391. The third kappa shape index (κ3) is 9.48. The third-order valence-corrected chi connectivity index (χ3v) is 2.84. The average molecular weight is 237 g/mol. The second-order valence-corrected chi connectivity index (χ2v) is 5.55. The minimum absolute atomic E-state index is 0.226. The van der Waals surface area contributed by atoms with Crippen LogP contribution in [0, 0.1) is 0 Å². The molecule has 0 aromatic heterocycles. The van der Waals surface area contributed by atoms with Crippen molar-refractivity contribution < 1.29 is 17.5 Å². The molecule has 0 bridgehead atoms. The minimum Gasteiger partial charge on any atom is -0.328 e. The number of nitrogens with zero attached hydrogens (tertiary/aromatic N) is 4. The molecule has 1 N–H and O–H groups in total. The van der Waals surface area contributed by atoms with Gasteiger partial charge in [-0.25, -0.2) is 0 Å². The third-order valence-electron chi connectivity index (χ3n) is 2.03. The molecular weight excluding hydrogens is 220 g/mol. The van der Waals surface area contributed by atoms with Crippen LogP contribution in [0.2, 0.25) is 0 Å². The zero-order valence-corrected chi connectivity index (χ0v) is 9.81. The van der Waals surface area contributed by atoms with Crippen molar-refractivity contribution in [2.75, 3.05) is 39.5 Å². The molecule has 0 aliphatic heterocycles. The molecule has 0 aromatic rings. The first-order valence-electron chi connectivity index (χ1n) is 4.55. The van der Waals surface area contributed by atoms with Gasteiger partial charge in [-0.1, -0.05) is 5.11 Å². The van der Waals surface area contributed by atoms with E-state index in [9.17, 15) is 8.42 Å². The van der Waals surface area contributed by atoms with Crippen LogP contribution in [0.5, 0.6) is 0 Å². The van der Waals surface area contributed by atoms with Crippen molar-refractivity contribution in [3.05, 3.63) is 10.4 Å². The van der Waals surface area contributed by atoms with Crippen LogP contribution in [0.4, 0.5) is 0 Å². The standard InChI is InChI=1S/C7H16N4O3S/c1-11(2,6-4-9-10-8)5-3-7-15(12,13)14/h3-7H2,1-2H3/p+1. The lowest BCUT2D eigenvalue weighted by atomic mass is 10.3. The molecule has 88 valence electrons. The van der Waals surface area contributed by atoms with Gasteiger partial charge in [-0.2, -0.15) is 8.42 Å². The summed E-state index contributed by atoms with van der Waals surface area (Å²) in [4.78, 5) is 2.64. The Labute approximate surface area is 89.7 Å². The highest BCUT2D eigenvalue weighted by Crippen LogP contribution is 2.00. The lowest BCUT2D eigenvalue weighted by Gasteiger charge is -2.28. The Bertz CT molecular complexity index is 332. The minimum atomic E-state index is -3.86. The van der Waals surface area contributed by atoms with Crippen molar-refractivity contribution in [2.24, 2.45) is 5.11 Å². The van der Waals surface area contributed by atoms with E-state index in [4.69, 9.17) is 10.1 Å². The number of hydrogen-bond donors (Lipinski definition) is 1. The predicted octanol–water partition coefficient (Wildman–Crippen LogP) is 0.651. The molecule has 0 aliphatic carbocycles. The highest BCUT2D eigenvalue weighted by Gasteiger charge is 2.15. The van der Waals surface area contributed by atoms with Crippen molar-refractivity contribution in [2.45, 2.75) is 6.42 Å². The number of likely N-dealkylation sites (N-methyl/N-ethyl adjacent to an activating group) is 1. The van der Waals surface area contributed by atoms with E-state index in [0.29, 0.717) is 30.5 Å². The van der Waals surface area contributed by atoms with Crippen molar-refractivity contribution in [3.63, 3.8) is 0 Å². The molecule has 0 aliphatic rings. The van der Waals surface area contributed by atoms with Crippen LogP contribution in [0.1, 0.15) is 6.42 Å². The lowest BCUT2D eigenvalue weighted by Crippen LogP contribution is -2.42. The molecule has 0 spiro atoms. The maximum Gasteiger partial charge on any atom is 0.265 e. The molecular formula is C7H17N4O3S+. The Morgan fingerprint density at radius 3 is 2.47 bits per heavy atom. The van der Waals surface area contributed by atoms with E-state index in [2.05, 4.69) is 10.0 Å². The molecule has 0 unspecified atom stereocenters. The molecule has 0 saturated heterocycles. The molecule has 0 rings (SSSR count). The summed E-state index contributed by atoms with van der Waals surface area (Å²) in [6, 6.07) is 0. The van der Waals surface area contributed by atoms with E-state index in [1.807, 2.05) is 14.1 Å². The van der Waals surface area contributed by atoms with E-state index >= 15 is 0 Å². The number of rotatable bonds is 7. The Hall–Kier alpha value is -0.820. The van der Waals surface area contributed by atoms with E-state index in [1.54, 1.807) is 0 Å². The van der Waals surface area contributed by atoms with Gasteiger partial charge >= 0.3 is 0 Å². The van der Waals surface area contributed by atoms with E-state index in [0.717, 1.165) is 0 Å². The smallest absolute Gasteiger partial charge is 0.265 e. The summed E-state index contributed by atoms with van der Waals surface area (Å²) in [5.41, 5.74) is 8.08. The van der Waals surface area contributed by atoms with Crippen LogP contribution >= 0.6 is 0 Å². The number of hydrogen-bond acceptors (Lipinski definition) is 3. The normalized spacial score (nSPS) is 12.2. The zero-order valence-electron chi connectivity index (χ0n) is 9.00. The van der Waals surface area contributed by atoms with Gasteiger partial charge in [-0.3, -0.25) is 4.55 Å². The average Bonchev–Trinajstić information content (AvgIpc) is 2.01. The van der Waals surface area contributed by atoms with E-state index in [-0.39, 0.29) is 5.75 Å².